The number of methoxy groups -OCH3 is 1. The summed E-state index contributed by atoms with van der Waals surface area (Å²) in [6.45, 7) is 0.648. The van der Waals surface area contributed by atoms with Gasteiger partial charge in [0.15, 0.2) is 5.78 Å². The van der Waals surface area contributed by atoms with Crippen molar-refractivity contribution in [3.8, 4) is 0 Å². The maximum absolute atomic E-state index is 12.2. The molecule has 0 aliphatic carbocycles. The number of carbonyl (C=O) groups excluding carboxylic acids is 1. The fourth-order valence-corrected chi connectivity index (χ4v) is 2.37. The molecule has 0 saturated carbocycles. The van der Waals surface area contributed by atoms with Crippen molar-refractivity contribution in [1.82, 2.24) is 0 Å². The van der Waals surface area contributed by atoms with Crippen LogP contribution in [0, 0.1) is 0 Å². The van der Waals surface area contributed by atoms with Gasteiger partial charge >= 0.3 is 0 Å². The van der Waals surface area contributed by atoms with Crippen LogP contribution in [0.25, 0.3) is 10.8 Å². The molecule has 3 nitrogen and oxygen atoms in total. The molecule has 2 N–H and O–H groups in total. The van der Waals surface area contributed by atoms with Gasteiger partial charge in [-0.05, 0) is 29.2 Å². The summed E-state index contributed by atoms with van der Waals surface area (Å²) in [5.41, 5.74) is 7.00. The van der Waals surface area contributed by atoms with Gasteiger partial charge in [-0.3, -0.25) is 4.79 Å². The Bertz CT molecular complexity index is 575. The molecule has 2 aromatic carbocycles. The van der Waals surface area contributed by atoms with E-state index in [4.69, 9.17) is 10.5 Å². The standard InChI is InChI=1S/C17H21NO2/c1-20-11-5-10-16(18)17(19)12-14-8-4-7-13-6-2-3-9-15(13)14/h2-4,6-9,16H,5,10-12,18H2,1H3. The van der Waals surface area contributed by atoms with E-state index in [9.17, 15) is 4.79 Å². The summed E-state index contributed by atoms with van der Waals surface area (Å²) in [6.07, 6.45) is 1.89. The molecular formula is C17H21NO2. The van der Waals surface area contributed by atoms with Gasteiger partial charge in [0.05, 0.1) is 6.04 Å². The lowest BCUT2D eigenvalue weighted by molar-refractivity contribution is -0.119. The second kappa shape index (κ2) is 7.17. The van der Waals surface area contributed by atoms with Gasteiger partial charge < -0.3 is 10.5 Å². The van der Waals surface area contributed by atoms with Crippen molar-refractivity contribution in [1.29, 1.82) is 0 Å². The van der Waals surface area contributed by atoms with Gasteiger partial charge in [0.2, 0.25) is 0 Å². The molecule has 2 rings (SSSR count). The van der Waals surface area contributed by atoms with Gasteiger partial charge in [-0.25, -0.2) is 0 Å². The molecule has 0 aliphatic heterocycles. The van der Waals surface area contributed by atoms with E-state index >= 15 is 0 Å². The zero-order valence-corrected chi connectivity index (χ0v) is 11.8. The zero-order chi connectivity index (χ0) is 14.4. The molecule has 0 radical (unpaired) electrons. The molecule has 106 valence electrons. The monoisotopic (exact) mass is 271 g/mol. The third kappa shape index (κ3) is 3.65. The minimum absolute atomic E-state index is 0.0949. The predicted octanol–water partition coefficient (Wildman–Crippen LogP) is 2.71. The molecule has 2 aromatic rings. The number of nitrogens with two attached hydrogens (primary N) is 1. The van der Waals surface area contributed by atoms with Crippen LogP contribution in [0.3, 0.4) is 0 Å². The molecule has 0 aromatic heterocycles. The maximum atomic E-state index is 12.2. The van der Waals surface area contributed by atoms with E-state index in [1.807, 2.05) is 30.3 Å². The Morgan fingerprint density at radius 1 is 1.20 bits per heavy atom. The normalized spacial score (nSPS) is 12.5. The third-order valence-electron chi connectivity index (χ3n) is 3.52. The Balaban J connectivity index is 2.06. The minimum Gasteiger partial charge on any atom is -0.385 e. The van der Waals surface area contributed by atoms with E-state index in [0.717, 1.165) is 22.8 Å². The van der Waals surface area contributed by atoms with Crippen molar-refractivity contribution in [3.05, 3.63) is 48.0 Å². The van der Waals surface area contributed by atoms with E-state index < -0.39 is 6.04 Å². The number of fused-ring (bicyclic) bond motifs is 1. The van der Waals surface area contributed by atoms with Gasteiger partial charge in [-0.15, -0.1) is 0 Å². The second-order valence-electron chi connectivity index (χ2n) is 5.02. The van der Waals surface area contributed by atoms with Crippen LogP contribution in [0.1, 0.15) is 18.4 Å². The largest absolute Gasteiger partial charge is 0.385 e. The summed E-state index contributed by atoms with van der Waals surface area (Å²) in [4.78, 5) is 12.2. The predicted molar refractivity (Wildman–Crippen MR) is 81.7 cm³/mol. The maximum Gasteiger partial charge on any atom is 0.153 e. The number of benzene rings is 2. The molecule has 1 atom stereocenters. The highest BCUT2D eigenvalue weighted by Gasteiger charge is 2.14. The van der Waals surface area contributed by atoms with Crippen LogP contribution in [0.2, 0.25) is 0 Å². The van der Waals surface area contributed by atoms with Crippen LogP contribution in [-0.4, -0.2) is 25.5 Å². The highest BCUT2D eigenvalue weighted by Crippen LogP contribution is 2.19. The first-order valence-electron chi connectivity index (χ1n) is 6.96. The molecular weight excluding hydrogens is 250 g/mol. The zero-order valence-electron chi connectivity index (χ0n) is 11.8. The second-order valence-corrected chi connectivity index (χ2v) is 5.02. The van der Waals surface area contributed by atoms with E-state index in [-0.39, 0.29) is 5.78 Å². The van der Waals surface area contributed by atoms with Crippen LogP contribution in [0.15, 0.2) is 42.5 Å². The van der Waals surface area contributed by atoms with Crippen LogP contribution in [-0.2, 0) is 16.0 Å². The first kappa shape index (κ1) is 14.7. The van der Waals surface area contributed by atoms with Crippen molar-refractivity contribution in [2.45, 2.75) is 25.3 Å². The highest BCUT2D eigenvalue weighted by atomic mass is 16.5. The summed E-state index contributed by atoms with van der Waals surface area (Å²) in [5.74, 6) is 0.0949. The van der Waals surface area contributed by atoms with Crippen LogP contribution in [0.5, 0.6) is 0 Å². The van der Waals surface area contributed by atoms with Crippen LogP contribution >= 0.6 is 0 Å². The van der Waals surface area contributed by atoms with Gasteiger partial charge in [0.25, 0.3) is 0 Å². The fourth-order valence-electron chi connectivity index (χ4n) is 2.37. The minimum atomic E-state index is -0.399. The van der Waals surface area contributed by atoms with Crippen molar-refractivity contribution in [2.24, 2.45) is 5.73 Å². The van der Waals surface area contributed by atoms with E-state index in [2.05, 4.69) is 12.1 Å². The Hall–Kier alpha value is -1.71. The summed E-state index contributed by atoms with van der Waals surface area (Å²) in [6, 6.07) is 13.8. The van der Waals surface area contributed by atoms with E-state index in [1.54, 1.807) is 7.11 Å². The Morgan fingerprint density at radius 3 is 2.75 bits per heavy atom. The number of Topliss-reactive ketones (excluding diaryl/α,β-unsaturated/α-hetero) is 1. The van der Waals surface area contributed by atoms with Gasteiger partial charge in [0.1, 0.15) is 0 Å². The van der Waals surface area contributed by atoms with E-state index in [1.165, 1.54) is 0 Å². The lowest BCUT2D eigenvalue weighted by Crippen LogP contribution is -2.32. The number of ether oxygens (including phenoxy) is 1. The number of ketones is 1. The number of hydrogen-bond donors (Lipinski definition) is 1. The summed E-state index contributed by atoms with van der Waals surface area (Å²) in [7, 11) is 1.66. The number of hydrogen-bond acceptors (Lipinski definition) is 3. The molecule has 0 saturated heterocycles. The van der Waals surface area contributed by atoms with Crippen LogP contribution in [0.4, 0.5) is 0 Å². The van der Waals surface area contributed by atoms with Gasteiger partial charge in [-0.2, -0.15) is 0 Å². The van der Waals surface area contributed by atoms with E-state index in [0.29, 0.717) is 19.4 Å². The van der Waals surface area contributed by atoms with Crippen molar-refractivity contribution < 1.29 is 9.53 Å². The Morgan fingerprint density at radius 2 is 1.95 bits per heavy atom. The Labute approximate surface area is 119 Å². The third-order valence-corrected chi connectivity index (χ3v) is 3.52. The molecule has 20 heavy (non-hydrogen) atoms. The highest BCUT2D eigenvalue weighted by molar-refractivity contribution is 5.92. The summed E-state index contributed by atoms with van der Waals surface area (Å²) >= 11 is 0. The smallest absolute Gasteiger partial charge is 0.153 e. The topological polar surface area (TPSA) is 52.3 Å². The lowest BCUT2D eigenvalue weighted by atomic mass is 9.97. The number of carbonyl (C=O) groups is 1. The molecule has 1 unspecified atom stereocenters. The lowest BCUT2D eigenvalue weighted by Gasteiger charge is -2.11. The van der Waals surface area contributed by atoms with Crippen molar-refractivity contribution in [3.63, 3.8) is 0 Å². The molecule has 0 amide bonds. The van der Waals surface area contributed by atoms with Gasteiger partial charge in [0, 0.05) is 20.1 Å². The summed E-state index contributed by atoms with van der Waals surface area (Å²) in [5, 5.41) is 2.29. The van der Waals surface area contributed by atoms with Crippen molar-refractivity contribution >= 4 is 16.6 Å². The molecule has 0 aliphatic rings. The quantitative estimate of drug-likeness (QED) is 0.788. The molecule has 0 fully saturated rings. The molecule has 3 heteroatoms. The average molecular weight is 271 g/mol. The van der Waals surface area contributed by atoms with Crippen molar-refractivity contribution in [2.75, 3.05) is 13.7 Å². The molecule has 0 bridgehead atoms. The fraction of sp³-hybridized carbons (Fsp3) is 0.353. The Kier molecular flexibility index (Phi) is 5.27. The molecule has 0 spiro atoms. The number of rotatable bonds is 7. The summed E-state index contributed by atoms with van der Waals surface area (Å²) < 4.78 is 4.98. The first-order chi connectivity index (χ1) is 9.72. The SMILES string of the molecule is COCCCC(N)C(=O)Cc1cccc2ccccc12. The average Bonchev–Trinajstić information content (AvgIpc) is 2.47. The molecule has 0 heterocycles. The van der Waals surface area contributed by atoms with Crippen LogP contribution < -0.4 is 5.73 Å². The first-order valence-corrected chi connectivity index (χ1v) is 6.96. The van der Waals surface area contributed by atoms with Gasteiger partial charge in [-0.1, -0.05) is 42.5 Å².